The van der Waals surface area contributed by atoms with Crippen LogP contribution in [0.15, 0.2) is 177 Å². The monoisotopic (exact) mass is 1450 g/mol. The van der Waals surface area contributed by atoms with Crippen LogP contribution in [0.2, 0.25) is 15.5 Å². The van der Waals surface area contributed by atoms with E-state index in [1.165, 1.54) is 56.2 Å². The summed E-state index contributed by atoms with van der Waals surface area (Å²) in [7, 11) is 6.60. The number of nitrogens with zero attached hydrogens (tertiary/aromatic N) is 16. The van der Waals surface area contributed by atoms with Gasteiger partial charge in [0.25, 0.3) is 0 Å². The van der Waals surface area contributed by atoms with Crippen LogP contribution in [0.3, 0.4) is 0 Å². The molecule has 0 radical (unpaired) electrons. The fourth-order valence-electron chi connectivity index (χ4n) is 7.96. The van der Waals surface area contributed by atoms with E-state index in [0.717, 1.165) is 30.0 Å². The second-order valence-electron chi connectivity index (χ2n) is 21.7. The van der Waals surface area contributed by atoms with Crippen molar-refractivity contribution in [1.82, 2.24) is 69.9 Å². The molecule has 0 aliphatic carbocycles. The van der Waals surface area contributed by atoms with Gasteiger partial charge < -0.3 is 84.0 Å². The smallest absolute Gasteiger partial charge is 0.437 e. The summed E-state index contributed by atoms with van der Waals surface area (Å²) in [5, 5.41) is 67.2. The molecule has 0 saturated carbocycles. The summed E-state index contributed by atoms with van der Waals surface area (Å²) in [5.74, 6) is 5.60. The molecule has 0 spiro atoms. The summed E-state index contributed by atoms with van der Waals surface area (Å²) in [6.45, 7) is 7.04. The largest absolute Gasteiger partial charge is 0.488 e. The molecule has 0 fully saturated rings. The third-order valence-corrected chi connectivity index (χ3v) is 14.6. The molecule has 0 aliphatic heterocycles. The standard InChI is InChI=1S/C22H25N5O3.C16H21BN4O4.C14H19BN4O3.C10H8BClN2O3.C4H2Cl2N2/c1-16(29)26(2)10-11-27(3)21-13-23-14-22(25-21)30-20-8-5-17(6-9-20)18-4-7-19(15-28)24-12-18;1-12(22)20(2)8-9-21(3)15-10-18-11-16(19-15)25-14-6-4-13(5-7-14)17(23)24;1-16-7-8-19(2)13-9-17-10-14(18-13)22-12-5-3-11(4-6-12)15(20)21;12-9-5-13-6-10(14-9)17-8-3-1-7(2-4-8)11(15)16;5-3-1-7-2-4(6)8-3/h4-9,12-14,28H,10-11,15H2,1-3H3;4-7,10-11,23-24H,8-9H2,1-3H3;3-6,9-10,16,20-21H,7-8H2,1-2H3;1-6,15-16H;1-2H. The van der Waals surface area contributed by atoms with Gasteiger partial charge >= 0.3 is 21.4 Å². The Labute approximate surface area is 605 Å². The lowest BCUT2D eigenvalue weighted by Gasteiger charge is -2.22. The molecule has 30 nitrogen and oxygen atoms in total. The normalized spacial score (nSPS) is 10.3. The Kier molecular flexibility index (Phi) is 33.3. The van der Waals surface area contributed by atoms with Crippen LogP contribution in [0.25, 0.3) is 11.1 Å². The van der Waals surface area contributed by atoms with Crippen molar-refractivity contribution in [1.29, 1.82) is 0 Å². The van der Waals surface area contributed by atoms with Gasteiger partial charge in [-0.15, -0.1) is 0 Å². The van der Waals surface area contributed by atoms with Gasteiger partial charge in [0.15, 0.2) is 22.6 Å². The minimum Gasteiger partial charge on any atom is -0.437 e. The Morgan fingerprint density at radius 3 is 1.01 bits per heavy atom. The van der Waals surface area contributed by atoms with E-state index in [1.807, 2.05) is 73.2 Å². The number of rotatable bonds is 25. The van der Waals surface area contributed by atoms with Gasteiger partial charge in [-0.2, -0.15) is 19.9 Å². The molecule has 4 aromatic carbocycles. The Balaban J connectivity index is 0.000000209. The zero-order valence-electron chi connectivity index (χ0n) is 56.8. The van der Waals surface area contributed by atoms with Gasteiger partial charge in [0, 0.05) is 100 Å². The molecular weight excluding hydrogens is 1380 g/mol. The fourth-order valence-corrected chi connectivity index (χ4v) is 8.44. The molecule has 0 bridgehead atoms. The third-order valence-electron chi connectivity index (χ3n) is 14.0. The molecule has 8 N–H and O–H groups in total. The number of ether oxygens (including phenoxy) is 4. The topological polar surface area (TPSA) is 383 Å². The molecule has 102 heavy (non-hydrogen) atoms. The number of aromatic nitrogens is 11. The van der Waals surface area contributed by atoms with E-state index in [9.17, 15) is 9.59 Å². The number of amides is 2. The van der Waals surface area contributed by atoms with Crippen molar-refractivity contribution in [3.63, 3.8) is 0 Å². The Morgan fingerprint density at radius 1 is 0.402 bits per heavy atom. The van der Waals surface area contributed by atoms with Crippen molar-refractivity contribution in [2.75, 3.05) is 96.3 Å². The summed E-state index contributed by atoms with van der Waals surface area (Å²) >= 11 is 16.4. The molecule has 6 aromatic heterocycles. The lowest BCUT2D eigenvalue weighted by atomic mass is 9.80. The number of benzene rings is 4. The molecule has 36 heteroatoms. The van der Waals surface area contributed by atoms with Gasteiger partial charge in [0.05, 0.1) is 74.3 Å². The van der Waals surface area contributed by atoms with Crippen molar-refractivity contribution in [2.45, 2.75) is 20.5 Å². The molecule has 532 valence electrons. The van der Waals surface area contributed by atoms with Crippen molar-refractivity contribution in [3.8, 4) is 57.6 Å². The van der Waals surface area contributed by atoms with Crippen LogP contribution < -0.4 is 55.4 Å². The first-order valence-electron chi connectivity index (χ1n) is 30.9. The van der Waals surface area contributed by atoms with E-state index < -0.39 is 21.4 Å². The van der Waals surface area contributed by atoms with Gasteiger partial charge in [-0.25, -0.2) is 4.98 Å². The van der Waals surface area contributed by atoms with Gasteiger partial charge in [0.2, 0.25) is 35.3 Å². The predicted molar refractivity (Wildman–Crippen MR) is 390 cm³/mol. The number of likely N-dealkylation sites (N-methyl/N-ethyl adjacent to an activating group) is 6. The summed E-state index contributed by atoms with van der Waals surface area (Å²) in [6.07, 6.45) is 17.0. The predicted octanol–water partition coefficient (Wildman–Crippen LogP) is 4.59. The van der Waals surface area contributed by atoms with Crippen molar-refractivity contribution in [3.05, 3.63) is 199 Å². The van der Waals surface area contributed by atoms with E-state index >= 15 is 0 Å². The zero-order chi connectivity index (χ0) is 74.1. The second kappa shape index (κ2) is 42.1. The summed E-state index contributed by atoms with van der Waals surface area (Å²) < 4.78 is 22.5. The van der Waals surface area contributed by atoms with Crippen LogP contribution in [0.5, 0.6) is 46.5 Å². The molecule has 0 atom stereocenters. The number of carbonyl (C=O) groups excluding carboxylic acids is 2. The molecule has 0 unspecified atom stereocenters. The molecule has 2 amide bonds. The van der Waals surface area contributed by atoms with E-state index in [4.69, 9.17) is 89.0 Å². The highest BCUT2D eigenvalue weighted by atomic mass is 35.5. The first kappa shape index (κ1) is 80.7. The van der Waals surface area contributed by atoms with Crippen LogP contribution >= 0.6 is 34.8 Å². The second-order valence-corrected chi connectivity index (χ2v) is 22.9. The zero-order valence-corrected chi connectivity index (χ0v) is 59.1. The molecule has 6 heterocycles. The van der Waals surface area contributed by atoms with Crippen LogP contribution in [-0.2, 0) is 16.2 Å². The average molecular weight is 1450 g/mol. The van der Waals surface area contributed by atoms with Crippen LogP contribution in [0.1, 0.15) is 19.5 Å². The average Bonchev–Trinajstić information content (AvgIpc) is 0.868. The summed E-state index contributed by atoms with van der Waals surface area (Å²) in [5.41, 5.74) is 3.75. The molecule has 0 aliphatic rings. The highest BCUT2D eigenvalue weighted by Crippen LogP contribution is 2.27. The van der Waals surface area contributed by atoms with E-state index in [-0.39, 0.29) is 29.5 Å². The third kappa shape index (κ3) is 28.4. The Hall–Kier alpha value is -10.3. The Morgan fingerprint density at radius 2 is 0.716 bits per heavy atom. The molecule has 10 aromatic rings. The van der Waals surface area contributed by atoms with E-state index in [1.54, 1.807) is 129 Å². The quantitative estimate of drug-likeness (QED) is 0.0363. The maximum Gasteiger partial charge on any atom is 0.488 e. The van der Waals surface area contributed by atoms with Gasteiger partial charge in [-0.3, -0.25) is 39.5 Å². The number of aliphatic hydroxyl groups excluding tert-OH is 1. The van der Waals surface area contributed by atoms with Gasteiger partial charge in [-0.1, -0.05) is 89.4 Å². The summed E-state index contributed by atoms with van der Waals surface area (Å²) in [6, 6.07) is 30.4. The number of hydrogen-bond acceptors (Lipinski definition) is 28. The van der Waals surface area contributed by atoms with E-state index in [2.05, 4.69) is 60.1 Å². The minimum atomic E-state index is -1.51. The van der Waals surface area contributed by atoms with Crippen molar-refractivity contribution < 1.29 is 63.8 Å². The first-order valence-corrected chi connectivity index (χ1v) is 32.0. The molecular formula is C66H75B3Cl3N17O13. The van der Waals surface area contributed by atoms with E-state index in [0.29, 0.717) is 111 Å². The minimum absolute atomic E-state index is 0.00742. The highest BCUT2D eigenvalue weighted by molar-refractivity contribution is 6.59. The first-order chi connectivity index (χ1) is 48.9. The van der Waals surface area contributed by atoms with Gasteiger partial charge in [0.1, 0.15) is 33.3 Å². The molecule has 0 saturated heterocycles. The van der Waals surface area contributed by atoms with Crippen LogP contribution in [0, 0.1) is 0 Å². The lowest BCUT2D eigenvalue weighted by Crippen LogP contribution is -2.33. The summed E-state index contributed by atoms with van der Waals surface area (Å²) in [4.78, 5) is 76.6. The number of carbonyl (C=O) groups is 2. The maximum absolute atomic E-state index is 11.3. The number of anilines is 3. The number of pyridine rings is 1. The van der Waals surface area contributed by atoms with Crippen LogP contribution in [-0.4, -0.2) is 215 Å². The lowest BCUT2D eigenvalue weighted by molar-refractivity contribution is -0.128. The van der Waals surface area contributed by atoms with Crippen molar-refractivity contribution >= 4 is 102 Å². The number of nitrogens with one attached hydrogen (secondary N) is 1. The fraction of sp³-hybridized carbons (Fsp3) is 0.227. The number of halogens is 3. The maximum atomic E-state index is 11.3. The number of aliphatic hydroxyl groups is 1. The Bertz CT molecular complexity index is 4150. The highest BCUT2D eigenvalue weighted by Gasteiger charge is 2.16. The molecule has 10 rings (SSSR count). The van der Waals surface area contributed by atoms with Crippen LogP contribution in [0.4, 0.5) is 17.5 Å². The van der Waals surface area contributed by atoms with Crippen molar-refractivity contribution in [2.24, 2.45) is 0 Å². The van der Waals surface area contributed by atoms with Gasteiger partial charge in [-0.05, 0) is 83.6 Å². The number of hydrogen-bond donors (Lipinski definition) is 8. The SMILES string of the molecule is CC(=O)N(C)CCN(C)c1cncc(Oc2ccc(-c3ccc(CO)nc3)cc2)n1.CC(=O)N(C)CCN(C)c1cncc(Oc2ccc(B(O)O)cc2)n1.CNCCN(C)c1cncc(Oc2ccc(B(O)O)cc2)n1.Clc1cncc(Cl)n1.OB(O)c1ccc(Oc2cncc(Cl)n2)cc1.